The predicted octanol–water partition coefficient (Wildman–Crippen LogP) is 2.66. The summed E-state index contributed by atoms with van der Waals surface area (Å²) in [7, 11) is 0. The highest BCUT2D eigenvalue weighted by molar-refractivity contribution is 5.81. The number of unbranched alkanes of at least 4 members (excludes halogenated alkanes) is 2. The molecule has 0 heterocycles. The maximum absolute atomic E-state index is 11.4. The Hall–Kier alpha value is -1.20. The van der Waals surface area contributed by atoms with Gasteiger partial charge in [0, 0.05) is 31.4 Å². The first-order valence-electron chi connectivity index (χ1n) is 7.98. The molecule has 0 aromatic heterocycles. The normalized spacial score (nSPS) is 13.7. The zero-order valence-corrected chi connectivity index (χ0v) is 14.0. The summed E-state index contributed by atoms with van der Waals surface area (Å²) in [6.45, 7) is 9.56. The van der Waals surface area contributed by atoms with Crippen LogP contribution in [-0.4, -0.2) is 42.3 Å². The highest BCUT2D eigenvalue weighted by atomic mass is 16.5. The van der Waals surface area contributed by atoms with Crippen molar-refractivity contribution in [2.24, 2.45) is 5.92 Å². The number of hydrogen-bond donors (Lipinski definition) is 1. The molecule has 0 radical (unpaired) electrons. The summed E-state index contributed by atoms with van der Waals surface area (Å²) in [4.78, 5) is 22.3. The van der Waals surface area contributed by atoms with E-state index in [-0.39, 0.29) is 18.6 Å². The van der Waals surface area contributed by atoms with E-state index < -0.39 is 12.1 Å². The number of ketones is 1. The van der Waals surface area contributed by atoms with E-state index in [1.54, 1.807) is 0 Å². The van der Waals surface area contributed by atoms with E-state index in [2.05, 4.69) is 6.58 Å². The molecule has 128 valence electrons. The number of esters is 1. The number of ether oxygens (including phenoxy) is 2. The van der Waals surface area contributed by atoms with Crippen LogP contribution in [0.3, 0.4) is 0 Å². The molecule has 0 spiro atoms. The summed E-state index contributed by atoms with van der Waals surface area (Å²) in [6.07, 6.45) is 4.04. The van der Waals surface area contributed by atoms with Crippen LogP contribution in [0.1, 0.15) is 52.9 Å². The summed E-state index contributed by atoms with van der Waals surface area (Å²) < 4.78 is 10.4. The molecule has 5 heteroatoms. The number of rotatable bonds is 13. The van der Waals surface area contributed by atoms with E-state index in [0.29, 0.717) is 25.2 Å². The standard InChI is InChI=1S/C17H30O5/c1-5-17(20)22-12-15(18)11-14(4)21-10-8-6-7-9-16(19)13(2)3/h5,13-15,18H,1,6-12H2,2-4H3. The van der Waals surface area contributed by atoms with Gasteiger partial charge in [0.15, 0.2) is 0 Å². The van der Waals surface area contributed by atoms with Crippen molar-refractivity contribution in [2.45, 2.75) is 65.1 Å². The minimum atomic E-state index is -0.734. The van der Waals surface area contributed by atoms with Crippen molar-refractivity contribution in [3.63, 3.8) is 0 Å². The van der Waals surface area contributed by atoms with Gasteiger partial charge in [0.2, 0.25) is 0 Å². The van der Waals surface area contributed by atoms with Crippen LogP contribution < -0.4 is 0 Å². The average Bonchev–Trinajstić information content (AvgIpc) is 2.47. The van der Waals surface area contributed by atoms with Crippen LogP contribution in [0.15, 0.2) is 12.7 Å². The fourth-order valence-electron chi connectivity index (χ4n) is 1.91. The molecule has 2 unspecified atom stereocenters. The fourth-order valence-corrected chi connectivity index (χ4v) is 1.91. The molecule has 0 bridgehead atoms. The molecular formula is C17H30O5. The molecule has 0 aliphatic rings. The van der Waals surface area contributed by atoms with Gasteiger partial charge in [0.05, 0.1) is 12.2 Å². The molecule has 2 atom stereocenters. The molecule has 22 heavy (non-hydrogen) atoms. The Kier molecular flexibility index (Phi) is 11.7. The van der Waals surface area contributed by atoms with Gasteiger partial charge in [0.25, 0.3) is 0 Å². The van der Waals surface area contributed by atoms with Gasteiger partial charge in [-0.2, -0.15) is 0 Å². The summed E-state index contributed by atoms with van der Waals surface area (Å²) in [5.41, 5.74) is 0. The monoisotopic (exact) mass is 314 g/mol. The SMILES string of the molecule is C=CC(=O)OCC(O)CC(C)OCCCCCC(=O)C(C)C. The molecular weight excluding hydrogens is 284 g/mol. The first-order valence-corrected chi connectivity index (χ1v) is 7.98. The molecule has 0 aromatic carbocycles. The third-order valence-corrected chi connectivity index (χ3v) is 3.30. The van der Waals surface area contributed by atoms with Crippen LogP contribution in [0, 0.1) is 5.92 Å². The average molecular weight is 314 g/mol. The van der Waals surface area contributed by atoms with Gasteiger partial charge in [-0.1, -0.05) is 26.8 Å². The van der Waals surface area contributed by atoms with Crippen LogP contribution in [-0.2, 0) is 19.1 Å². The lowest BCUT2D eigenvalue weighted by Crippen LogP contribution is -2.24. The molecule has 0 saturated carbocycles. The quantitative estimate of drug-likeness (QED) is 0.321. The molecule has 0 saturated heterocycles. The largest absolute Gasteiger partial charge is 0.460 e. The first-order chi connectivity index (χ1) is 10.4. The minimum absolute atomic E-state index is 0.0458. The van der Waals surface area contributed by atoms with Gasteiger partial charge >= 0.3 is 5.97 Å². The Labute approximate surface area is 133 Å². The van der Waals surface area contributed by atoms with Crippen molar-refractivity contribution >= 4 is 11.8 Å². The Morgan fingerprint density at radius 3 is 2.45 bits per heavy atom. The molecule has 0 aliphatic heterocycles. The van der Waals surface area contributed by atoms with Crippen molar-refractivity contribution in [1.82, 2.24) is 0 Å². The van der Waals surface area contributed by atoms with E-state index in [9.17, 15) is 14.7 Å². The summed E-state index contributed by atoms with van der Waals surface area (Å²) in [5.74, 6) is -0.108. The van der Waals surface area contributed by atoms with Crippen molar-refractivity contribution in [3.8, 4) is 0 Å². The van der Waals surface area contributed by atoms with Gasteiger partial charge < -0.3 is 14.6 Å². The van der Waals surface area contributed by atoms with Crippen LogP contribution in [0.25, 0.3) is 0 Å². The molecule has 0 aliphatic carbocycles. The molecule has 0 fully saturated rings. The second-order valence-corrected chi connectivity index (χ2v) is 5.84. The van der Waals surface area contributed by atoms with Gasteiger partial charge in [-0.25, -0.2) is 4.79 Å². The van der Waals surface area contributed by atoms with E-state index in [1.807, 2.05) is 20.8 Å². The molecule has 1 N–H and O–H groups in total. The lowest BCUT2D eigenvalue weighted by molar-refractivity contribution is -0.141. The molecule has 0 amide bonds. The third kappa shape index (κ3) is 11.5. The number of aliphatic hydroxyl groups excluding tert-OH is 1. The minimum Gasteiger partial charge on any atom is -0.460 e. The highest BCUT2D eigenvalue weighted by Crippen LogP contribution is 2.08. The Morgan fingerprint density at radius 2 is 1.86 bits per heavy atom. The van der Waals surface area contributed by atoms with Crippen LogP contribution >= 0.6 is 0 Å². The lowest BCUT2D eigenvalue weighted by atomic mass is 10.0. The number of carbonyl (C=O) groups excluding carboxylic acids is 2. The van der Waals surface area contributed by atoms with Crippen molar-refractivity contribution in [3.05, 3.63) is 12.7 Å². The number of hydrogen-bond acceptors (Lipinski definition) is 5. The smallest absolute Gasteiger partial charge is 0.330 e. The van der Waals surface area contributed by atoms with E-state index in [1.165, 1.54) is 0 Å². The predicted molar refractivity (Wildman–Crippen MR) is 85.5 cm³/mol. The van der Waals surface area contributed by atoms with Gasteiger partial charge in [-0.05, 0) is 19.8 Å². The summed E-state index contributed by atoms with van der Waals surface area (Å²) >= 11 is 0. The number of Topliss-reactive ketones (excluding diaryl/α,β-unsaturated/α-hetero) is 1. The Balaban J connectivity index is 3.56. The Bertz CT molecular complexity index is 338. The zero-order chi connectivity index (χ0) is 17.0. The lowest BCUT2D eigenvalue weighted by Gasteiger charge is -2.17. The summed E-state index contributed by atoms with van der Waals surface area (Å²) in [5, 5.41) is 9.69. The maximum Gasteiger partial charge on any atom is 0.330 e. The van der Waals surface area contributed by atoms with Crippen LogP contribution in [0.5, 0.6) is 0 Å². The Morgan fingerprint density at radius 1 is 1.18 bits per heavy atom. The van der Waals surface area contributed by atoms with E-state index in [0.717, 1.165) is 25.3 Å². The zero-order valence-electron chi connectivity index (χ0n) is 14.0. The van der Waals surface area contributed by atoms with E-state index in [4.69, 9.17) is 9.47 Å². The number of carbonyl (C=O) groups is 2. The molecule has 5 nitrogen and oxygen atoms in total. The van der Waals surface area contributed by atoms with E-state index >= 15 is 0 Å². The molecule has 0 rings (SSSR count). The van der Waals surface area contributed by atoms with Crippen molar-refractivity contribution < 1.29 is 24.2 Å². The van der Waals surface area contributed by atoms with Gasteiger partial charge in [-0.3, -0.25) is 4.79 Å². The topological polar surface area (TPSA) is 72.8 Å². The van der Waals surface area contributed by atoms with Gasteiger partial charge in [0.1, 0.15) is 12.4 Å². The van der Waals surface area contributed by atoms with Crippen molar-refractivity contribution in [1.29, 1.82) is 0 Å². The number of aliphatic hydroxyl groups is 1. The first kappa shape index (κ1) is 20.8. The second-order valence-electron chi connectivity index (χ2n) is 5.84. The second kappa shape index (κ2) is 12.4. The maximum atomic E-state index is 11.4. The van der Waals surface area contributed by atoms with Crippen molar-refractivity contribution in [2.75, 3.05) is 13.2 Å². The summed E-state index contributed by atoms with van der Waals surface area (Å²) in [6, 6.07) is 0. The third-order valence-electron chi connectivity index (χ3n) is 3.30. The molecule has 0 aromatic rings. The highest BCUT2D eigenvalue weighted by Gasteiger charge is 2.12. The van der Waals surface area contributed by atoms with Gasteiger partial charge in [-0.15, -0.1) is 0 Å². The van der Waals surface area contributed by atoms with Crippen LogP contribution in [0.4, 0.5) is 0 Å². The van der Waals surface area contributed by atoms with Crippen LogP contribution in [0.2, 0.25) is 0 Å². The fraction of sp³-hybridized carbons (Fsp3) is 0.765.